The molecular weight excluding hydrogens is 627 g/mol. The average Bonchev–Trinajstić information content (AvgIpc) is 3.47. The van der Waals surface area contributed by atoms with E-state index in [1.807, 2.05) is 0 Å². The van der Waals surface area contributed by atoms with Gasteiger partial charge in [0, 0.05) is 40.3 Å². The Morgan fingerprint density at radius 2 is 1.77 bits per heavy atom. The van der Waals surface area contributed by atoms with Crippen LogP contribution in [-0.2, 0) is 19.1 Å². The molecule has 43 heavy (non-hydrogen) atoms. The van der Waals surface area contributed by atoms with E-state index in [0.29, 0.717) is 28.3 Å². The maximum Gasteiger partial charge on any atom is 0.417 e. The number of fused-ring (bicyclic) bond motifs is 1. The quantitative estimate of drug-likeness (QED) is 0.391. The Hall–Kier alpha value is -3.51. The van der Waals surface area contributed by atoms with E-state index in [1.54, 1.807) is 42.8 Å². The highest BCUT2D eigenvalue weighted by Crippen LogP contribution is 2.37. The van der Waals surface area contributed by atoms with Crippen molar-refractivity contribution in [3.8, 4) is 5.69 Å². The first-order valence-electron chi connectivity index (χ1n) is 14.2. The Bertz CT molecular complexity index is 1620. The molecule has 12 heteroatoms. The minimum atomic E-state index is -4.63. The smallest absolute Gasteiger partial charge is 0.355 e. The summed E-state index contributed by atoms with van der Waals surface area (Å²) in [6.07, 6.45) is -2.71. The van der Waals surface area contributed by atoms with Crippen LogP contribution in [0.15, 0.2) is 51.7 Å². The van der Waals surface area contributed by atoms with Gasteiger partial charge >= 0.3 is 6.18 Å². The first-order valence-corrected chi connectivity index (χ1v) is 15.0. The second-order valence-corrected chi connectivity index (χ2v) is 12.2. The number of carbonyl (C=O) groups is 2. The highest BCUT2D eigenvalue weighted by atomic mass is 79.9. The molecule has 2 aliphatic heterocycles. The molecule has 2 aliphatic rings. The molecule has 1 fully saturated rings. The molecule has 3 heterocycles. The lowest BCUT2D eigenvalue weighted by Crippen LogP contribution is -2.47. The highest BCUT2D eigenvalue weighted by molar-refractivity contribution is 9.10. The number of amides is 2. The Balaban J connectivity index is 1.59. The lowest BCUT2D eigenvalue weighted by atomic mass is 9.97. The van der Waals surface area contributed by atoms with Crippen LogP contribution in [-0.4, -0.2) is 56.8 Å². The average molecular weight is 661 g/mol. The van der Waals surface area contributed by atoms with Crippen molar-refractivity contribution in [3.05, 3.63) is 91.1 Å². The molecule has 1 saturated heterocycles. The summed E-state index contributed by atoms with van der Waals surface area (Å²) in [6.45, 7) is 6.80. The SMILES string of the molecule is CNC(=O)c1ccc(-n2c([C@@H]3CCCN3C(C)C)nc3c(c2=O)CC(C)N(C(=O)c2ccc(Br)c(C(F)(F)F)c2)C3)cc1. The molecule has 0 aliphatic carbocycles. The van der Waals surface area contributed by atoms with E-state index in [2.05, 4.69) is 40.0 Å². The Morgan fingerprint density at radius 3 is 2.40 bits per heavy atom. The van der Waals surface area contributed by atoms with Gasteiger partial charge in [-0.15, -0.1) is 0 Å². The molecule has 5 rings (SSSR count). The molecule has 3 aromatic rings. The zero-order chi connectivity index (χ0) is 31.2. The summed E-state index contributed by atoms with van der Waals surface area (Å²) in [7, 11) is 1.55. The number of rotatable bonds is 5. The van der Waals surface area contributed by atoms with Gasteiger partial charge in [-0.2, -0.15) is 13.2 Å². The lowest BCUT2D eigenvalue weighted by molar-refractivity contribution is -0.138. The molecule has 1 N–H and O–H groups in total. The fourth-order valence-electron chi connectivity index (χ4n) is 6.05. The maximum absolute atomic E-state index is 14.2. The van der Waals surface area contributed by atoms with Crippen molar-refractivity contribution < 1.29 is 22.8 Å². The number of likely N-dealkylation sites (tertiary alicyclic amines) is 1. The second-order valence-electron chi connectivity index (χ2n) is 11.3. The zero-order valence-electron chi connectivity index (χ0n) is 24.3. The summed E-state index contributed by atoms with van der Waals surface area (Å²) in [5, 5.41) is 2.59. The molecule has 228 valence electrons. The van der Waals surface area contributed by atoms with E-state index < -0.39 is 23.7 Å². The number of nitrogens with zero attached hydrogens (tertiary/aromatic N) is 4. The van der Waals surface area contributed by atoms with Crippen LogP contribution in [0.3, 0.4) is 0 Å². The van der Waals surface area contributed by atoms with Crippen LogP contribution < -0.4 is 10.9 Å². The van der Waals surface area contributed by atoms with Gasteiger partial charge in [0.1, 0.15) is 5.82 Å². The number of aromatic nitrogens is 2. The van der Waals surface area contributed by atoms with Crippen LogP contribution in [0.25, 0.3) is 5.69 Å². The highest BCUT2D eigenvalue weighted by Gasteiger charge is 2.38. The summed E-state index contributed by atoms with van der Waals surface area (Å²) in [6, 6.07) is 9.81. The van der Waals surface area contributed by atoms with E-state index in [-0.39, 0.29) is 46.6 Å². The zero-order valence-corrected chi connectivity index (χ0v) is 25.9. The van der Waals surface area contributed by atoms with E-state index in [0.717, 1.165) is 25.5 Å². The molecular formula is C31H33BrF3N5O3. The summed E-state index contributed by atoms with van der Waals surface area (Å²) in [5.74, 6) is -0.248. The third-order valence-corrected chi connectivity index (χ3v) is 8.98. The van der Waals surface area contributed by atoms with Gasteiger partial charge in [0.25, 0.3) is 17.4 Å². The second kappa shape index (κ2) is 11.9. The molecule has 1 aromatic heterocycles. The van der Waals surface area contributed by atoms with Gasteiger partial charge in [0.05, 0.1) is 29.5 Å². The molecule has 0 bridgehead atoms. The fraction of sp³-hybridized carbons (Fsp3) is 0.419. The monoisotopic (exact) mass is 659 g/mol. The van der Waals surface area contributed by atoms with Gasteiger partial charge in [0.2, 0.25) is 0 Å². The molecule has 1 unspecified atom stereocenters. The summed E-state index contributed by atoms with van der Waals surface area (Å²) in [4.78, 5) is 48.7. The minimum absolute atomic E-state index is 0.000163. The number of benzene rings is 2. The van der Waals surface area contributed by atoms with Gasteiger partial charge in [-0.25, -0.2) is 4.98 Å². The standard InChI is InChI=1S/C31H33BrF3N5O3/c1-17(2)38-13-5-6-26(38)27-37-25-16-39(29(42)20-9-12-24(32)23(15-20)31(33,34)35)18(3)14-22(25)30(43)40(27)21-10-7-19(8-11-21)28(41)36-4/h7-12,15,17-18,26H,5-6,13-14,16H2,1-4H3,(H,36,41)/t18?,26-/m0/s1. The topological polar surface area (TPSA) is 87.5 Å². The van der Waals surface area contributed by atoms with Gasteiger partial charge in [0.15, 0.2) is 0 Å². The molecule has 2 amide bonds. The largest absolute Gasteiger partial charge is 0.417 e. The van der Waals surface area contributed by atoms with Gasteiger partial charge in [-0.3, -0.25) is 23.9 Å². The number of carbonyl (C=O) groups excluding carboxylic acids is 2. The number of hydrogen-bond donors (Lipinski definition) is 1. The molecule has 0 spiro atoms. The molecule has 2 aromatic carbocycles. The van der Waals surface area contributed by atoms with E-state index >= 15 is 0 Å². The molecule has 0 saturated carbocycles. The molecule has 0 radical (unpaired) electrons. The van der Waals surface area contributed by atoms with Crippen molar-refractivity contribution in [3.63, 3.8) is 0 Å². The first kappa shape index (κ1) is 30.9. The first-order chi connectivity index (χ1) is 20.3. The van der Waals surface area contributed by atoms with Crippen LogP contribution in [0, 0.1) is 0 Å². The van der Waals surface area contributed by atoms with E-state index in [1.165, 1.54) is 17.0 Å². The number of hydrogen-bond acceptors (Lipinski definition) is 5. The van der Waals surface area contributed by atoms with Crippen molar-refractivity contribution in [2.45, 2.75) is 70.9 Å². The lowest BCUT2D eigenvalue weighted by Gasteiger charge is -2.36. The van der Waals surface area contributed by atoms with Crippen LogP contribution in [0.2, 0.25) is 0 Å². The molecule has 8 nitrogen and oxygen atoms in total. The van der Waals surface area contributed by atoms with E-state index in [4.69, 9.17) is 4.98 Å². The van der Waals surface area contributed by atoms with Crippen LogP contribution in [0.1, 0.15) is 83.0 Å². The minimum Gasteiger partial charge on any atom is -0.355 e. The third kappa shape index (κ3) is 5.86. The van der Waals surface area contributed by atoms with Crippen LogP contribution >= 0.6 is 15.9 Å². The summed E-state index contributed by atoms with van der Waals surface area (Å²) >= 11 is 2.93. The van der Waals surface area contributed by atoms with E-state index in [9.17, 15) is 27.6 Å². The van der Waals surface area contributed by atoms with Crippen LogP contribution in [0.5, 0.6) is 0 Å². The number of nitrogens with one attached hydrogen (secondary N) is 1. The van der Waals surface area contributed by atoms with Crippen molar-refractivity contribution in [2.75, 3.05) is 13.6 Å². The van der Waals surface area contributed by atoms with Gasteiger partial charge in [-0.1, -0.05) is 15.9 Å². The van der Waals surface area contributed by atoms with Gasteiger partial charge < -0.3 is 10.2 Å². The number of halogens is 4. The Morgan fingerprint density at radius 1 is 1.09 bits per heavy atom. The van der Waals surface area contributed by atoms with Crippen molar-refractivity contribution in [2.24, 2.45) is 0 Å². The normalized spacial score (nSPS) is 19.0. The molecule has 2 atom stereocenters. The van der Waals surface area contributed by atoms with Crippen molar-refractivity contribution >= 4 is 27.7 Å². The predicted molar refractivity (Wildman–Crippen MR) is 159 cm³/mol. The van der Waals surface area contributed by atoms with Gasteiger partial charge in [-0.05, 0) is 89.0 Å². The third-order valence-electron chi connectivity index (χ3n) is 8.29. The fourth-order valence-corrected chi connectivity index (χ4v) is 6.53. The Labute approximate surface area is 256 Å². The van der Waals surface area contributed by atoms with Crippen LogP contribution in [0.4, 0.5) is 13.2 Å². The summed E-state index contributed by atoms with van der Waals surface area (Å²) < 4.78 is 42.2. The maximum atomic E-state index is 14.2. The predicted octanol–water partition coefficient (Wildman–Crippen LogP) is 5.51. The Kier molecular flexibility index (Phi) is 8.54. The number of alkyl halides is 3. The van der Waals surface area contributed by atoms with Crippen molar-refractivity contribution in [1.82, 2.24) is 24.7 Å². The van der Waals surface area contributed by atoms with Crippen molar-refractivity contribution in [1.29, 1.82) is 0 Å². The summed E-state index contributed by atoms with van der Waals surface area (Å²) in [5.41, 5.74) is 0.705.